The van der Waals surface area contributed by atoms with E-state index in [0.29, 0.717) is 10.0 Å². The molecule has 0 saturated carbocycles. The van der Waals surface area contributed by atoms with E-state index in [0.717, 1.165) is 0 Å². The van der Waals surface area contributed by atoms with Crippen LogP contribution in [0.4, 0.5) is 4.39 Å². The molecule has 84 valence electrons. The monoisotopic (exact) mass is 279 g/mol. The molecule has 0 bridgehead atoms. The molecule has 0 unspecified atom stereocenters. The van der Waals surface area contributed by atoms with Gasteiger partial charge in [-0.1, -0.05) is 15.9 Å². The van der Waals surface area contributed by atoms with Gasteiger partial charge in [-0.15, -0.1) is 0 Å². The van der Waals surface area contributed by atoms with Gasteiger partial charge in [0.05, 0.1) is 20.8 Å². The van der Waals surface area contributed by atoms with Gasteiger partial charge in [0.25, 0.3) is 0 Å². The van der Waals surface area contributed by atoms with Gasteiger partial charge in [-0.3, -0.25) is 4.84 Å². The quantitative estimate of drug-likeness (QED) is 0.857. The van der Waals surface area contributed by atoms with Crippen molar-refractivity contribution in [2.75, 3.05) is 14.2 Å². The summed E-state index contributed by atoms with van der Waals surface area (Å²) in [6.07, 6.45) is 0. The minimum atomic E-state index is -0.512. The Morgan fingerprint density at radius 1 is 1.33 bits per heavy atom. The zero-order valence-corrected chi connectivity index (χ0v) is 9.93. The smallest absolute Gasteiger partial charge is 0.197 e. The molecule has 6 heteroatoms. The van der Waals surface area contributed by atoms with Crippen LogP contribution in [0, 0.1) is 5.82 Å². The normalized spacial score (nSPS) is 10.2. The summed E-state index contributed by atoms with van der Waals surface area (Å²) < 4.78 is 23.9. The minimum absolute atomic E-state index is 0.0350. The lowest BCUT2D eigenvalue weighted by Crippen LogP contribution is -2.04. The third-order valence-electron chi connectivity index (χ3n) is 1.87. The third-order valence-corrected chi connectivity index (χ3v) is 2.58. The molecule has 1 aromatic rings. The van der Waals surface area contributed by atoms with Crippen LogP contribution in [0.5, 0.6) is 11.5 Å². The van der Waals surface area contributed by atoms with Crippen molar-refractivity contribution in [3.05, 3.63) is 21.9 Å². The Labute approximate surface area is 95.2 Å². The number of hydrogen-bond donors (Lipinski definition) is 1. The summed E-state index contributed by atoms with van der Waals surface area (Å²) in [5.41, 5.74) is 0.596. The third kappa shape index (κ3) is 2.39. The predicted octanol–water partition coefficient (Wildman–Crippen LogP) is 2.00. The van der Waals surface area contributed by atoms with Gasteiger partial charge < -0.3 is 9.47 Å². The van der Waals surface area contributed by atoms with Crippen molar-refractivity contribution in [3.63, 3.8) is 0 Å². The summed E-state index contributed by atoms with van der Waals surface area (Å²) in [7, 11) is 2.78. The second-order valence-corrected chi connectivity index (χ2v) is 3.55. The maximum atomic E-state index is 13.4. The average Bonchev–Trinajstić information content (AvgIpc) is 2.21. The van der Waals surface area contributed by atoms with E-state index in [1.807, 2.05) is 0 Å². The highest BCUT2D eigenvalue weighted by Gasteiger charge is 2.18. The van der Waals surface area contributed by atoms with Gasteiger partial charge in [0, 0.05) is 10.0 Å². The van der Waals surface area contributed by atoms with Gasteiger partial charge in [-0.25, -0.2) is 10.3 Å². The first-order valence-electron chi connectivity index (χ1n) is 4.06. The summed E-state index contributed by atoms with van der Waals surface area (Å²) in [4.78, 5) is 4.50. The first-order valence-corrected chi connectivity index (χ1v) is 4.85. The van der Waals surface area contributed by atoms with Gasteiger partial charge >= 0.3 is 0 Å². The molecule has 0 heterocycles. The molecule has 0 spiro atoms. The van der Waals surface area contributed by atoms with Crippen molar-refractivity contribution >= 4 is 15.9 Å². The molecule has 1 aromatic carbocycles. The lowest BCUT2D eigenvalue weighted by Gasteiger charge is -2.14. The zero-order chi connectivity index (χ0) is 11.4. The fourth-order valence-corrected chi connectivity index (χ4v) is 1.74. The van der Waals surface area contributed by atoms with E-state index < -0.39 is 5.82 Å². The fourth-order valence-electron chi connectivity index (χ4n) is 1.24. The largest absolute Gasteiger partial charge is 0.492 e. The van der Waals surface area contributed by atoms with Gasteiger partial charge in [0.1, 0.15) is 0 Å². The second kappa shape index (κ2) is 5.29. The Balaban J connectivity index is 3.35. The number of nitrogens with two attached hydrogens (primary N) is 1. The van der Waals surface area contributed by atoms with Crippen molar-refractivity contribution in [1.82, 2.24) is 0 Å². The van der Waals surface area contributed by atoms with E-state index >= 15 is 0 Å². The summed E-state index contributed by atoms with van der Waals surface area (Å²) in [5.74, 6) is 4.77. The maximum Gasteiger partial charge on any atom is 0.197 e. The molecule has 0 aliphatic carbocycles. The van der Waals surface area contributed by atoms with Gasteiger partial charge in [0.2, 0.25) is 0 Å². The highest BCUT2D eigenvalue weighted by Crippen LogP contribution is 2.38. The summed E-state index contributed by atoms with van der Waals surface area (Å²) in [6.45, 7) is 0.0976. The molecule has 0 aliphatic heterocycles. The van der Waals surface area contributed by atoms with Crippen molar-refractivity contribution in [3.8, 4) is 11.5 Å². The van der Waals surface area contributed by atoms with Crippen LogP contribution in [0.25, 0.3) is 0 Å². The van der Waals surface area contributed by atoms with Crippen LogP contribution in [-0.4, -0.2) is 14.2 Å². The van der Waals surface area contributed by atoms with Gasteiger partial charge in [-0.05, 0) is 6.07 Å². The molecule has 0 aliphatic rings. The van der Waals surface area contributed by atoms with Crippen LogP contribution in [0.3, 0.4) is 0 Å². The molecule has 0 fully saturated rings. The maximum absolute atomic E-state index is 13.4. The Morgan fingerprint density at radius 2 is 1.93 bits per heavy atom. The van der Waals surface area contributed by atoms with Crippen LogP contribution in [0.1, 0.15) is 5.56 Å². The predicted molar refractivity (Wildman–Crippen MR) is 56.2 cm³/mol. The Morgan fingerprint density at radius 3 is 2.40 bits per heavy atom. The lowest BCUT2D eigenvalue weighted by molar-refractivity contribution is 0.121. The highest BCUT2D eigenvalue weighted by atomic mass is 79.9. The number of hydrogen-bond acceptors (Lipinski definition) is 4. The molecule has 2 N–H and O–H groups in total. The van der Waals surface area contributed by atoms with Gasteiger partial charge in [-0.2, -0.15) is 0 Å². The first kappa shape index (κ1) is 12.2. The zero-order valence-electron chi connectivity index (χ0n) is 8.34. The van der Waals surface area contributed by atoms with Crippen LogP contribution in [0.15, 0.2) is 10.5 Å². The molecule has 0 aromatic heterocycles. The van der Waals surface area contributed by atoms with Crippen LogP contribution in [0.2, 0.25) is 0 Å². The number of halogens is 2. The van der Waals surface area contributed by atoms with Gasteiger partial charge in [0.15, 0.2) is 17.3 Å². The van der Waals surface area contributed by atoms with E-state index in [1.165, 1.54) is 20.3 Å². The molecule has 4 nitrogen and oxygen atoms in total. The summed E-state index contributed by atoms with van der Waals surface area (Å²) in [5, 5.41) is 0. The van der Waals surface area contributed by atoms with E-state index in [2.05, 4.69) is 20.8 Å². The average molecular weight is 280 g/mol. The molecule has 0 amide bonds. The molecule has 1 rings (SSSR count). The molecule has 15 heavy (non-hydrogen) atoms. The molecular formula is C9H11BrFNO3. The SMILES string of the molecule is COc1c(F)cc(Br)c(CON)c1OC. The number of methoxy groups -OCH3 is 2. The second-order valence-electron chi connectivity index (χ2n) is 2.70. The molecular weight excluding hydrogens is 269 g/mol. The van der Waals surface area contributed by atoms with Crippen molar-refractivity contribution in [2.24, 2.45) is 5.90 Å². The van der Waals surface area contributed by atoms with E-state index in [-0.39, 0.29) is 18.1 Å². The number of rotatable bonds is 4. The van der Waals surface area contributed by atoms with E-state index in [4.69, 9.17) is 15.4 Å². The topological polar surface area (TPSA) is 53.7 Å². The Kier molecular flexibility index (Phi) is 4.31. The molecule has 0 atom stereocenters. The van der Waals surface area contributed by atoms with Crippen LogP contribution in [-0.2, 0) is 11.4 Å². The van der Waals surface area contributed by atoms with Crippen molar-refractivity contribution in [1.29, 1.82) is 0 Å². The Bertz CT molecular complexity index is 360. The standard InChI is InChI=1S/C9H11BrFNO3/c1-13-8-5(4-15-12)6(10)3-7(11)9(8)14-2/h3H,4,12H2,1-2H3. The van der Waals surface area contributed by atoms with Crippen LogP contribution < -0.4 is 15.4 Å². The highest BCUT2D eigenvalue weighted by molar-refractivity contribution is 9.10. The summed E-state index contributed by atoms with van der Waals surface area (Å²) in [6, 6.07) is 1.27. The van der Waals surface area contributed by atoms with Crippen LogP contribution >= 0.6 is 15.9 Å². The van der Waals surface area contributed by atoms with E-state index in [9.17, 15) is 4.39 Å². The Hall–Kier alpha value is -0.850. The molecule has 0 saturated heterocycles. The number of ether oxygens (including phenoxy) is 2. The van der Waals surface area contributed by atoms with Crippen molar-refractivity contribution in [2.45, 2.75) is 6.61 Å². The fraction of sp³-hybridized carbons (Fsp3) is 0.333. The lowest BCUT2D eigenvalue weighted by atomic mass is 10.2. The minimum Gasteiger partial charge on any atom is -0.492 e. The van der Waals surface area contributed by atoms with Crippen molar-refractivity contribution < 1.29 is 18.7 Å². The summed E-state index contributed by atoms with van der Waals surface area (Å²) >= 11 is 3.19. The number of benzene rings is 1. The first-order chi connectivity index (χ1) is 7.15. The van der Waals surface area contributed by atoms with E-state index in [1.54, 1.807) is 0 Å². The molecule has 0 radical (unpaired) electrons.